The summed E-state index contributed by atoms with van der Waals surface area (Å²) in [6, 6.07) is 0. The van der Waals surface area contributed by atoms with Gasteiger partial charge in [0.1, 0.15) is 8.07 Å². The minimum Gasteiger partial charge on any atom is -0.437 e. The van der Waals surface area contributed by atoms with Crippen molar-refractivity contribution in [3.8, 4) is 0 Å². The molecule has 2 nitrogen and oxygen atoms in total. The molecule has 0 aromatic heterocycles. The molecule has 0 N–H and O–H groups in total. The Labute approximate surface area is 101 Å². The number of hydrogen-bond acceptors (Lipinski definition) is 2. The van der Waals surface area contributed by atoms with Gasteiger partial charge in [0.05, 0.1) is 11.3 Å². The molecule has 0 aromatic carbocycles. The van der Waals surface area contributed by atoms with E-state index in [1.165, 1.54) is 0 Å². The van der Waals surface area contributed by atoms with Crippen LogP contribution in [-0.2, 0) is 9.53 Å². The Balaban J connectivity index is 4.26. The lowest BCUT2D eigenvalue weighted by atomic mass is 10.00. The van der Waals surface area contributed by atoms with Gasteiger partial charge in [-0.3, -0.25) is 4.79 Å². The van der Waals surface area contributed by atoms with E-state index in [4.69, 9.17) is 4.74 Å². The topological polar surface area (TPSA) is 26.3 Å². The summed E-state index contributed by atoms with van der Waals surface area (Å²) >= 11 is 0. The van der Waals surface area contributed by atoms with Gasteiger partial charge in [-0.15, -0.1) is 0 Å². The van der Waals surface area contributed by atoms with E-state index in [-0.39, 0.29) is 11.9 Å². The first-order valence-corrected chi connectivity index (χ1v) is 9.74. The van der Waals surface area contributed by atoms with E-state index in [1.807, 2.05) is 6.92 Å². The maximum atomic E-state index is 11.9. The number of rotatable bonds is 7. The third-order valence-electron chi connectivity index (χ3n) is 2.79. The van der Waals surface area contributed by atoms with Crippen molar-refractivity contribution in [1.82, 2.24) is 0 Å². The van der Waals surface area contributed by atoms with Crippen LogP contribution in [0.1, 0.15) is 39.5 Å². The molecule has 0 amide bonds. The van der Waals surface area contributed by atoms with Crippen LogP contribution in [0.2, 0.25) is 19.6 Å². The number of esters is 1. The second kappa shape index (κ2) is 6.89. The van der Waals surface area contributed by atoms with E-state index in [1.54, 1.807) is 0 Å². The lowest BCUT2D eigenvalue weighted by molar-refractivity contribution is -0.143. The van der Waals surface area contributed by atoms with Gasteiger partial charge < -0.3 is 4.74 Å². The molecule has 3 heteroatoms. The molecule has 0 aliphatic heterocycles. The van der Waals surface area contributed by atoms with Gasteiger partial charge in [-0.2, -0.15) is 0 Å². The summed E-state index contributed by atoms with van der Waals surface area (Å²) in [7, 11) is -1.55. The van der Waals surface area contributed by atoms with Gasteiger partial charge in [0.15, 0.2) is 0 Å². The average Bonchev–Trinajstić information content (AvgIpc) is 2.17. The Morgan fingerprint density at radius 3 is 2.25 bits per heavy atom. The van der Waals surface area contributed by atoms with Crippen molar-refractivity contribution < 1.29 is 9.53 Å². The first-order valence-electron chi connectivity index (χ1n) is 6.24. The van der Waals surface area contributed by atoms with Crippen LogP contribution in [0.15, 0.2) is 12.0 Å². The molecule has 94 valence electrons. The molecule has 0 aromatic rings. The van der Waals surface area contributed by atoms with Crippen molar-refractivity contribution in [2.75, 3.05) is 0 Å². The molecule has 1 unspecified atom stereocenters. The quantitative estimate of drug-likeness (QED) is 0.381. The van der Waals surface area contributed by atoms with Crippen LogP contribution in [-0.4, -0.2) is 14.0 Å². The molecule has 16 heavy (non-hydrogen) atoms. The minimum absolute atomic E-state index is 0.0491. The fraction of sp³-hybridized carbons (Fsp3) is 0.769. The molecule has 0 bridgehead atoms. The summed E-state index contributed by atoms with van der Waals surface area (Å²) in [6.07, 6.45) is 4.01. The van der Waals surface area contributed by atoms with Crippen LogP contribution in [0.25, 0.3) is 0 Å². The molecule has 0 heterocycles. The zero-order valence-corrected chi connectivity index (χ0v) is 12.4. The normalized spacial score (nSPS) is 13.3. The largest absolute Gasteiger partial charge is 0.437 e. The molecular formula is C13H26O2Si. The summed E-state index contributed by atoms with van der Waals surface area (Å²) in [4.78, 5) is 11.9. The third kappa shape index (κ3) is 5.49. The van der Waals surface area contributed by atoms with Crippen molar-refractivity contribution in [3.05, 3.63) is 12.0 Å². The molecule has 0 aliphatic rings. The summed E-state index contributed by atoms with van der Waals surface area (Å²) in [6.45, 7) is 14.5. The average molecular weight is 242 g/mol. The molecule has 0 aliphatic carbocycles. The van der Waals surface area contributed by atoms with Crippen molar-refractivity contribution >= 4 is 14.0 Å². The Morgan fingerprint density at radius 2 is 1.88 bits per heavy atom. The number of hydrogen-bond donors (Lipinski definition) is 0. The fourth-order valence-electron chi connectivity index (χ4n) is 1.30. The number of carbonyl (C=O) groups excluding carboxylic acids is 1. The van der Waals surface area contributed by atoms with Gasteiger partial charge in [-0.05, 0) is 12.8 Å². The highest BCUT2D eigenvalue weighted by Crippen LogP contribution is 2.19. The summed E-state index contributed by atoms with van der Waals surface area (Å²) in [5.41, 5.74) is 0. The highest BCUT2D eigenvalue weighted by atomic mass is 28.3. The van der Waals surface area contributed by atoms with Gasteiger partial charge in [0.2, 0.25) is 0 Å². The van der Waals surface area contributed by atoms with Crippen LogP contribution in [0.5, 0.6) is 0 Å². The lowest BCUT2D eigenvalue weighted by Crippen LogP contribution is -2.29. The van der Waals surface area contributed by atoms with Crippen molar-refractivity contribution in [2.45, 2.75) is 59.2 Å². The van der Waals surface area contributed by atoms with Gasteiger partial charge in [0.25, 0.3) is 0 Å². The zero-order chi connectivity index (χ0) is 12.8. The number of carbonyl (C=O) groups is 1. The summed E-state index contributed by atoms with van der Waals surface area (Å²) in [5, 5.41) is 0.701. The van der Waals surface area contributed by atoms with Crippen molar-refractivity contribution in [3.63, 3.8) is 0 Å². The van der Waals surface area contributed by atoms with Gasteiger partial charge in [-0.25, -0.2) is 0 Å². The summed E-state index contributed by atoms with van der Waals surface area (Å²) in [5.74, 6) is -0.0311. The van der Waals surface area contributed by atoms with Gasteiger partial charge in [-0.1, -0.05) is 52.9 Å². The SMILES string of the molecule is C=C(OC(=O)C(CC)CCCC)[Si](C)(C)C. The Hall–Kier alpha value is -0.573. The highest BCUT2D eigenvalue weighted by Gasteiger charge is 2.25. The standard InChI is InChI=1S/C13H26O2Si/c1-7-9-10-12(8-2)13(14)15-11(3)16(4,5)6/h12H,3,7-10H2,1-2,4-6H3. The van der Waals surface area contributed by atoms with Gasteiger partial charge in [0, 0.05) is 0 Å². The number of unbranched alkanes of at least 4 members (excludes halogenated alkanes) is 1. The van der Waals surface area contributed by atoms with Crippen LogP contribution >= 0.6 is 0 Å². The maximum absolute atomic E-state index is 11.9. The highest BCUT2D eigenvalue weighted by molar-refractivity contribution is 6.82. The van der Waals surface area contributed by atoms with Crippen molar-refractivity contribution in [1.29, 1.82) is 0 Å². The minimum atomic E-state index is -1.55. The Morgan fingerprint density at radius 1 is 1.31 bits per heavy atom. The molecule has 0 rings (SSSR count). The van der Waals surface area contributed by atoms with E-state index >= 15 is 0 Å². The Bertz CT molecular complexity index is 241. The van der Waals surface area contributed by atoms with Crippen LogP contribution in [0.3, 0.4) is 0 Å². The predicted molar refractivity (Wildman–Crippen MR) is 71.9 cm³/mol. The molecule has 0 saturated heterocycles. The van der Waals surface area contributed by atoms with E-state index < -0.39 is 8.07 Å². The van der Waals surface area contributed by atoms with E-state index in [0.29, 0.717) is 5.38 Å². The summed E-state index contributed by atoms with van der Waals surface area (Å²) < 4.78 is 5.39. The van der Waals surface area contributed by atoms with Crippen LogP contribution in [0.4, 0.5) is 0 Å². The predicted octanol–water partition coefficient (Wildman–Crippen LogP) is 4.14. The van der Waals surface area contributed by atoms with Crippen LogP contribution < -0.4 is 0 Å². The Kier molecular flexibility index (Phi) is 6.64. The van der Waals surface area contributed by atoms with Crippen LogP contribution in [0, 0.1) is 5.92 Å². The smallest absolute Gasteiger partial charge is 0.313 e. The molecule has 0 radical (unpaired) electrons. The third-order valence-corrected chi connectivity index (χ3v) is 4.57. The monoisotopic (exact) mass is 242 g/mol. The first kappa shape index (κ1) is 15.4. The van der Waals surface area contributed by atoms with E-state index in [2.05, 4.69) is 33.1 Å². The zero-order valence-electron chi connectivity index (χ0n) is 11.4. The van der Waals surface area contributed by atoms with E-state index in [0.717, 1.165) is 25.7 Å². The van der Waals surface area contributed by atoms with Crippen molar-refractivity contribution in [2.24, 2.45) is 5.92 Å². The molecule has 0 spiro atoms. The number of ether oxygens (including phenoxy) is 1. The molecule has 0 fully saturated rings. The van der Waals surface area contributed by atoms with E-state index in [9.17, 15) is 4.79 Å². The lowest BCUT2D eigenvalue weighted by Gasteiger charge is -2.21. The molecule has 1 atom stereocenters. The first-order chi connectivity index (χ1) is 7.32. The maximum Gasteiger partial charge on any atom is 0.313 e. The fourth-order valence-corrected chi connectivity index (χ4v) is 1.70. The van der Waals surface area contributed by atoms with Gasteiger partial charge >= 0.3 is 5.97 Å². The second-order valence-electron chi connectivity index (χ2n) is 5.34. The second-order valence-corrected chi connectivity index (χ2v) is 10.4. The molecular weight excluding hydrogens is 216 g/mol. The molecule has 0 saturated carbocycles.